The monoisotopic (exact) mass is 300 g/mol. The third kappa shape index (κ3) is 2.61. The Morgan fingerprint density at radius 3 is 2.09 bits per heavy atom. The summed E-state index contributed by atoms with van der Waals surface area (Å²) in [5.41, 5.74) is 4.62. The number of hydrogen-bond donors (Lipinski definition) is 0. The van der Waals surface area contributed by atoms with Crippen LogP contribution in [0, 0.1) is 0 Å². The molecule has 0 saturated heterocycles. The van der Waals surface area contributed by atoms with Crippen molar-refractivity contribution in [3.63, 3.8) is 0 Å². The van der Waals surface area contributed by atoms with Crippen LogP contribution in [0.3, 0.4) is 0 Å². The van der Waals surface area contributed by atoms with Crippen LogP contribution in [0.5, 0.6) is 0 Å². The van der Waals surface area contributed by atoms with E-state index in [1.54, 1.807) is 0 Å². The van der Waals surface area contributed by atoms with Crippen molar-refractivity contribution in [2.24, 2.45) is 0 Å². The van der Waals surface area contributed by atoms with E-state index in [4.69, 9.17) is 0 Å². The molecule has 0 aromatic heterocycles. The molecule has 2 aromatic carbocycles. The molecule has 0 aliphatic carbocycles. The van der Waals surface area contributed by atoms with Crippen molar-refractivity contribution in [2.75, 3.05) is 0 Å². The number of fused-ring (bicyclic) bond motifs is 1. The maximum absolute atomic E-state index is 4.07. The van der Waals surface area contributed by atoms with E-state index in [0.29, 0.717) is 0 Å². The summed E-state index contributed by atoms with van der Waals surface area (Å²) in [5.74, 6) is 0. The summed E-state index contributed by atoms with van der Waals surface area (Å²) in [6, 6.07) is 6.38. The van der Waals surface area contributed by atoms with Crippen molar-refractivity contribution in [3.8, 4) is 0 Å². The van der Waals surface area contributed by atoms with E-state index < -0.39 is 0 Å². The largest absolute Gasteiger partial charge is 0.0985 e. The van der Waals surface area contributed by atoms with Crippen LogP contribution in [0.4, 0.5) is 0 Å². The second-order valence-electron chi connectivity index (χ2n) is 5.32. The van der Waals surface area contributed by atoms with Gasteiger partial charge in [-0.3, -0.25) is 0 Å². The van der Waals surface area contributed by atoms with Gasteiger partial charge in [-0.1, -0.05) is 74.4 Å². The number of allylic oxidation sites excluding steroid dienone is 3. The van der Waals surface area contributed by atoms with Crippen LogP contribution in [0.1, 0.15) is 37.5 Å². The smallest absolute Gasteiger partial charge is 0.00300 e. The fourth-order valence-corrected chi connectivity index (χ4v) is 3.30. The molecule has 0 saturated carbocycles. The summed E-state index contributed by atoms with van der Waals surface area (Å²) in [6.07, 6.45) is 12.2. The minimum atomic E-state index is 1.13. The average Bonchev–Trinajstić information content (AvgIpc) is 2.60. The zero-order valence-electron chi connectivity index (χ0n) is 14.3. The Morgan fingerprint density at radius 1 is 0.913 bits per heavy atom. The highest BCUT2D eigenvalue weighted by Gasteiger charge is 2.12. The SMILES string of the molecule is C=C/C(=C/C)c1c(C=C)/c(=C/C)c2c(C=C)cccc2/c1=C/C. The molecule has 116 valence electrons. The third-order valence-electron chi connectivity index (χ3n) is 4.31. The van der Waals surface area contributed by atoms with E-state index in [9.17, 15) is 0 Å². The van der Waals surface area contributed by atoms with Gasteiger partial charge in [-0.2, -0.15) is 0 Å². The lowest BCUT2D eigenvalue weighted by Gasteiger charge is -2.15. The molecule has 0 bridgehead atoms. The zero-order chi connectivity index (χ0) is 17.0. The first-order valence-electron chi connectivity index (χ1n) is 7.93. The Bertz CT molecular complexity index is 934. The lowest BCUT2D eigenvalue weighted by Crippen LogP contribution is -2.22. The molecule has 0 spiro atoms. The highest BCUT2D eigenvalue weighted by molar-refractivity contribution is 5.98. The van der Waals surface area contributed by atoms with Gasteiger partial charge < -0.3 is 0 Å². The minimum Gasteiger partial charge on any atom is -0.0985 e. The second kappa shape index (κ2) is 7.11. The number of hydrogen-bond acceptors (Lipinski definition) is 0. The van der Waals surface area contributed by atoms with Crippen molar-refractivity contribution in [2.45, 2.75) is 20.8 Å². The van der Waals surface area contributed by atoms with Gasteiger partial charge in [-0.15, -0.1) is 0 Å². The molecule has 0 heteroatoms. The Morgan fingerprint density at radius 2 is 1.61 bits per heavy atom. The lowest BCUT2D eigenvalue weighted by atomic mass is 9.88. The Balaban J connectivity index is 3.34. The summed E-state index contributed by atoms with van der Waals surface area (Å²) >= 11 is 0. The highest BCUT2D eigenvalue weighted by atomic mass is 14.2. The van der Waals surface area contributed by atoms with Gasteiger partial charge in [0.1, 0.15) is 0 Å². The molecule has 0 aliphatic heterocycles. The van der Waals surface area contributed by atoms with Crippen LogP contribution in [-0.2, 0) is 0 Å². The summed E-state index contributed by atoms with van der Waals surface area (Å²) in [6.45, 7) is 18.2. The van der Waals surface area contributed by atoms with Gasteiger partial charge in [0.25, 0.3) is 0 Å². The van der Waals surface area contributed by atoms with Crippen LogP contribution in [0.2, 0.25) is 0 Å². The van der Waals surface area contributed by atoms with Gasteiger partial charge in [0, 0.05) is 0 Å². The quantitative estimate of drug-likeness (QED) is 0.671. The molecular formula is C23H24. The molecule has 2 aromatic rings. The van der Waals surface area contributed by atoms with Crippen molar-refractivity contribution >= 4 is 40.6 Å². The van der Waals surface area contributed by atoms with Gasteiger partial charge in [-0.05, 0) is 64.2 Å². The van der Waals surface area contributed by atoms with Crippen molar-refractivity contribution in [1.29, 1.82) is 0 Å². The third-order valence-corrected chi connectivity index (χ3v) is 4.31. The first-order valence-corrected chi connectivity index (χ1v) is 7.93. The van der Waals surface area contributed by atoms with Crippen LogP contribution in [-0.4, -0.2) is 0 Å². The predicted octanol–water partition coefficient (Wildman–Crippen LogP) is 5.32. The fourth-order valence-electron chi connectivity index (χ4n) is 3.30. The molecule has 0 radical (unpaired) electrons. The van der Waals surface area contributed by atoms with E-state index in [1.807, 2.05) is 25.2 Å². The molecule has 2 rings (SSSR count). The molecule has 0 nitrogen and oxygen atoms in total. The van der Waals surface area contributed by atoms with Crippen LogP contribution in [0.25, 0.3) is 40.6 Å². The first kappa shape index (κ1) is 16.8. The molecule has 0 atom stereocenters. The standard InChI is InChI=1S/C23H24/c1-7-16(8-2)22-18(10-4)19(11-5)23-17(9-3)14-13-15-21(23)20(22)12-6/h7-15H,1,3-4H2,2,5-6H3/b16-8-,19-11-,20-12-. The van der Waals surface area contributed by atoms with Crippen LogP contribution >= 0.6 is 0 Å². The topological polar surface area (TPSA) is 0 Å². The van der Waals surface area contributed by atoms with Gasteiger partial charge in [0.05, 0.1) is 0 Å². The van der Waals surface area contributed by atoms with Gasteiger partial charge in [0.15, 0.2) is 0 Å². The molecule has 0 unspecified atom stereocenters. The molecule has 0 amide bonds. The Hall–Kier alpha value is -2.60. The number of rotatable bonds is 4. The average molecular weight is 300 g/mol. The van der Waals surface area contributed by atoms with Crippen LogP contribution in [0.15, 0.2) is 50.1 Å². The summed E-state index contributed by atoms with van der Waals surface area (Å²) in [7, 11) is 0. The fraction of sp³-hybridized carbons (Fsp3) is 0.130. The minimum absolute atomic E-state index is 1.13. The first-order chi connectivity index (χ1) is 11.2. The summed E-state index contributed by atoms with van der Waals surface area (Å²) in [5, 5.41) is 4.89. The lowest BCUT2D eigenvalue weighted by molar-refractivity contribution is 1.49. The maximum Gasteiger partial charge on any atom is -0.00300 e. The normalized spacial score (nSPS) is 13.4. The molecule has 23 heavy (non-hydrogen) atoms. The maximum atomic E-state index is 4.07. The van der Waals surface area contributed by atoms with Crippen molar-refractivity contribution in [3.05, 3.63) is 77.2 Å². The van der Waals surface area contributed by atoms with Gasteiger partial charge in [-0.25, -0.2) is 0 Å². The van der Waals surface area contributed by atoms with Crippen LogP contribution < -0.4 is 10.4 Å². The summed E-state index contributed by atoms with van der Waals surface area (Å²) in [4.78, 5) is 0. The summed E-state index contributed by atoms with van der Waals surface area (Å²) < 4.78 is 0. The number of benzene rings is 2. The Labute approximate surface area is 139 Å². The predicted molar refractivity (Wildman–Crippen MR) is 108 cm³/mol. The van der Waals surface area contributed by atoms with Crippen molar-refractivity contribution < 1.29 is 0 Å². The second-order valence-corrected chi connectivity index (χ2v) is 5.32. The molecular weight excluding hydrogens is 276 g/mol. The van der Waals surface area contributed by atoms with E-state index in [0.717, 1.165) is 16.7 Å². The van der Waals surface area contributed by atoms with E-state index >= 15 is 0 Å². The van der Waals surface area contributed by atoms with Crippen molar-refractivity contribution in [1.82, 2.24) is 0 Å². The molecule has 0 fully saturated rings. The van der Waals surface area contributed by atoms with E-state index in [1.165, 1.54) is 26.8 Å². The highest BCUT2D eigenvalue weighted by Crippen LogP contribution is 2.22. The van der Waals surface area contributed by atoms with Gasteiger partial charge in [0.2, 0.25) is 0 Å². The zero-order valence-corrected chi connectivity index (χ0v) is 14.3. The molecule has 0 N–H and O–H groups in total. The molecule has 0 aliphatic rings. The molecule has 0 heterocycles. The van der Waals surface area contributed by atoms with E-state index in [2.05, 4.69) is 70.0 Å². The van der Waals surface area contributed by atoms with E-state index in [-0.39, 0.29) is 0 Å². The van der Waals surface area contributed by atoms with Gasteiger partial charge >= 0.3 is 0 Å². The Kier molecular flexibility index (Phi) is 5.18.